The van der Waals surface area contributed by atoms with Gasteiger partial charge in [0.15, 0.2) is 5.78 Å². The van der Waals surface area contributed by atoms with Crippen LogP contribution < -0.4 is 10.3 Å². The van der Waals surface area contributed by atoms with Crippen LogP contribution in [0, 0.1) is 18.3 Å². The zero-order valence-corrected chi connectivity index (χ0v) is 18.0. The van der Waals surface area contributed by atoms with Crippen LogP contribution in [0.25, 0.3) is 0 Å². The molecule has 1 saturated heterocycles. The number of aromatic nitrogens is 1. The van der Waals surface area contributed by atoms with E-state index in [1.165, 1.54) is 6.92 Å². The fourth-order valence-corrected chi connectivity index (χ4v) is 3.77. The van der Waals surface area contributed by atoms with Crippen LogP contribution in [0.3, 0.4) is 0 Å². The summed E-state index contributed by atoms with van der Waals surface area (Å²) >= 11 is 0. The Morgan fingerprint density at radius 3 is 2.68 bits per heavy atom. The highest BCUT2D eigenvalue weighted by atomic mass is 16.5. The van der Waals surface area contributed by atoms with Gasteiger partial charge in [-0.1, -0.05) is 19.8 Å². The number of benzene rings is 1. The topological polar surface area (TPSA) is 102 Å². The molecule has 0 saturated carbocycles. The zero-order valence-electron chi connectivity index (χ0n) is 18.0. The Kier molecular flexibility index (Phi) is 7.48. The summed E-state index contributed by atoms with van der Waals surface area (Å²) in [6.45, 7) is 4.94. The zero-order chi connectivity index (χ0) is 22.4. The van der Waals surface area contributed by atoms with Gasteiger partial charge >= 0.3 is 0 Å². The maximum absolute atomic E-state index is 13.2. The molecule has 1 aliphatic heterocycles. The first-order valence-electron chi connectivity index (χ1n) is 10.7. The Hall–Kier alpha value is -3.11. The van der Waals surface area contributed by atoms with Gasteiger partial charge in [-0.3, -0.25) is 14.2 Å². The minimum absolute atomic E-state index is 0.0363. The lowest BCUT2D eigenvalue weighted by molar-refractivity contribution is 0.0929. The van der Waals surface area contributed by atoms with Crippen LogP contribution in [0.2, 0.25) is 0 Å². The van der Waals surface area contributed by atoms with Gasteiger partial charge in [-0.25, -0.2) is 0 Å². The van der Waals surface area contributed by atoms with Crippen LogP contribution in [0.4, 0.5) is 0 Å². The number of ketones is 1. The molecule has 7 nitrogen and oxygen atoms in total. The van der Waals surface area contributed by atoms with E-state index in [4.69, 9.17) is 9.47 Å². The Labute approximate surface area is 181 Å². The smallest absolute Gasteiger partial charge is 0.271 e. The van der Waals surface area contributed by atoms with Crippen molar-refractivity contribution in [1.82, 2.24) is 4.57 Å². The highest BCUT2D eigenvalue weighted by molar-refractivity contribution is 6.11. The first kappa shape index (κ1) is 22.6. The van der Waals surface area contributed by atoms with Gasteiger partial charge in [0.25, 0.3) is 5.56 Å². The number of aromatic hydroxyl groups is 1. The van der Waals surface area contributed by atoms with Crippen molar-refractivity contribution in [1.29, 1.82) is 5.26 Å². The average molecular weight is 424 g/mol. The van der Waals surface area contributed by atoms with Crippen LogP contribution >= 0.6 is 0 Å². The molecule has 1 atom stereocenters. The quantitative estimate of drug-likeness (QED) is 0.486. The summed E-state index contributed by atoms with van der Waals surface area (Å²) in [6.07, 6.45) is 4.57. The lowest BCUT2D eigenvalue weighted by atomic mass is 9.97. The number of carbonyl (C=O) groups is 1. The van der Waals surface area contributed by atoms with Crippen molar-refractivity contribution in [3.63, 3.8) is 0 Å². The van der Waals surface area contributed by atoms with Gasteiger partial charge in [-0.05, 0) is 56.0 Å². The molecular weight excluding hydrogens is 396 g/mol. The van der Waals surface area contributed by atoms with Crippen LogP contribution in [0.1, 0.15) is 66.1 Å². The molecule has 0 spiro atoms. The van der Waals surface area contributed by atoms with E-state index in [1.54, 1.807) is 24.3 Å². The van der Waals surface area contributed by atoms with E-state index >= 15 is 0 Å². The Balaban J connectivity index is 1.91. The van der Waals surface area contributed by atoms with Gasteiger partial charge in [0, 0.05) is 12.2 Å². The second-order valence-electron chi connectivity index (χ2n) is 7.77. The number of nitriles is 1. The number of nitrogens with zero attached hydrogens (tertiary/aromatic N) is 2. The van der Waals surface area contributed by atoms with Crippen molar-refractivity contribution >= 4 is 5.78 Å². The standard InChI is InChI=1S/C24H28N2O5/c1-3-4-5-12-30-18-10-8-17(9-11-18)22(27)21-16(2)20(14-25)23(28)26(24(21)29)15-19-7-6-13-31-19/h8-11,19,29H,3-7,12-13,15H2,1-2H3. The molecule has 7 heteroatoms. The van der Waals surface area contributed by atoms with Crippen molar-refractivity contribution in [3.05, 3.63) is 56.9 Å². The highest BCUT2D eigenvalue weighted by Gasteiger charge is 2.27. The maximum atomic E-state index is 13.2. The minimum Gasteiger partial charge on any atom is -0.494 e. The molecular formula is C24H28N2O5. The minimum atomic E-state index is -0.611. The van der Waals surface area contributed by atoms with E-state index in [0.717, 1.165) is 36.7 Å². The largest absolute Gasteiger partial charge is 0.494 e. The van der Waals surface area contributed by atoms with E-state index in [1.807, 2.05) is 6.07 Å². The molecule has 1 aromatic carbocycles. The second-order valence-corrected chi connectivity index (χ2v) is 7.77. The summed E-state index contributed by atoms with van der Waals surface area (Å²) in [4.78, 5) is 25.9. The third-order valence-electron chi connectivity index (χ3n) is 5.57. The van der Waals surface area contributed by atoms with Crippen molar-refractivity contribution in [2.75, 3.05) is 13.2 Å². The molecule has 164 valence electrons. The van der Waals surface area contributed by atoms with E-state index in [9.17, 15) is 20.0 Å². The highest BCUT2D eigenvalue weighted by Crippen LogP contribution is 2.27. The van der Waals surface area contributed by atoms with Gasteiger partial charge in [0.2, 0.25) is 5.88 Å². The molecule has 2 aromatic rings. The molecule has 0 bridgehead atoms. The average Bonchev–Trinajstić information content (AvgIpc) is 3.28. The van der Waals surface area contributed by atoms with E-state index in [2.05, 4.69) is 6.92 Å². The molecule has 1 unspecified atom stereocenters. The van der Waals surface area contributed by atoms with Gasteiger partial charge < -0.3 is 14.6 Å². The Morgan fingerprint density at radius 2 is 2.06 bits per heavy atom. The third-order valence-corrected chi connectivity index (χ3v) is 5.57. The normalized spacial score (nSPS) is 15.6. The van der Waals surface area contributed by atoms with Gasteiger partial charge in [0.05, 0.1) is 24.8 Å². The summed E-state index contributed by atoms with van der Waals surface area (Å²) in [5.41, 5.74) is -0.273. The molecule has 2 heterocycles. The van der Waals surface area contributed by atoms with Crippen LogP contribution in [-0.4, -0.2) is 34.8 Å². The summed E-state index contributed by atoms with van der Waals surface area (Å²) in [7, 11) is 0. The SMILES string of the molecule is CCCCCOc1ccc(C(=O)c2c(C)c(C#N)c(=O)n(CC3CCCO3)c2O)cc1. The molecule has 3 rings (SSSR count). The molecule has 1 aromatic heterocycles. The van der Waals surface area contributed by atoms with Crippen LogP contribution in [0.5, 0.6) is 11.6 Å². The van der Waals surface area contributed by atoms with Crippen LogP contribution in [-0.2, 0) is 11.3 Å². The molecule has 1 N–H and O–H groups in total. The first-order chi connectivity index (χ1) is 15.0. The molecule has 1 aliphatic rings. The summed E-state index contributed by atoms with van der Waals surface area (Å²) < 4.78 is 12.3. The maximum Gasteiger partial charge on any atom is 0.271 e. The molecule has 1 fully saturated rings. The van der Waals surface area contributed by atoms with Crippen molar-refractivity contribution < 1.29 is 19.4 Å². The van der Waals surface area contributed by atoms with Crippen molar-refractivity contribution in [3.8, 4) is 17.7 Å². The monoisotopic (exact) mass is 424 g/mol. The number of unbranched alkanes of at least 4 members (excludes halogenated alkanes) is 2. The predicted molar refractivity (Wildman–Crippen MR) is 116 cm³/mol. The van der Waals surface area contributed by atoms with Crippen molar-refractivity contribution in [2.45, 2.75) is 58.6 Å². The molecule has 0 radical (unpaired) electrons. The number of hydrogen-bond acceptors (Lipinski definition) is 6. The molecule has 31 heavy (non-hydrogen) atoms. The lowest BCUT2D eigenvalue weighted by Gasteiger charge is -2.18. The fourth-order valence-electron chi connectivity index (χ4n) is 3.77. The lowest BCUT2D eigenvalue weighted by Crippen LogP contribution is -2.30. The number of carbonyl (C=O) groups excluding carboxylic acids is 1. The molecule has 0 aliphatic carbocycles. The second kappa shape index (κ2) is 10.3. The fraction of sp³-hybridized carbons (Fsp3) is 0.458. The summed E-state index contributed by atoms with van der Waals surface area (Å²) in [5.74, 6) is -0.221. The number of ether oxygens (including phenoxy) is 2. The number of rotatable bonds is 9. The van der Waals surface area contributed by atoms with E-state index in [-0.39, 0.29) is 29.3 Å². The molecule has 0 amide bonds. The Morgan fingerprint density at radius 1 is 1.32 bits per heavy atom. The first-order valence-corrected chi connectivity index (χ1v) is 10.7. The van der Waals surface area contributed by atoms with Crippen molar-refractivity contribution in [2.24, 2.45) is 0 Å². The summed E-state index contributed by atoms with van der Waals surface area (Å²) in [5, 5.41) is 20.3. The van der Waals surface area contributed by atoms with E-state index < -0.39 is 17.2 Å². The predicted octanol–water partition coefficient (Wildman–Crippen LogP) is 3.71. The van der Waals surface area contributed by atoms with Gasteiger partial charge in [-0.15, -0.1) is 0 Å². The number of hydrogen-bond donors (Lipinski definition) is 1. The third kappa shape index (κ3) is 4.97. The Bertz CT molecular complexity index is 1030. The van der Waals surface area contributed by atoms with Crippen LogP contribution in [0.15, 0.2) is 29.1 Å². The van der Waals surface area contributed by atoms with Gasteiger partial charge in [0.1, 0.15) is 17.4 Å². The number of pyridine rings is 1. The summed E-state index contributed by atoms with van der Waals surface area (Å²) in [6, 6.07) is 8.55. The van der Waals surface area contributed by atoms with Gasteiger partial charge in [-0.2, -0.15) is 5.26 Å². The van der Waals surface area contributed by atoms with E-state index in [0.29, 0.717) is 24.5 Å².